The average Bonchev–Trinajstić information content (AvgIpc) is 2.93. The van der Waals surface area contributed by atoms with Crippen LogP contribution in [0.3, 0.4) is 0 Å². The van der Waals surface area contributed by atoms with Crippen LogP contribution in [0.2, 0.25) is 0 Å². The van der Waals surface area contributed by atoms with Gasteiger partial charge in [0, 0.05) is 5.75 Å². The van der Waals surface area contributed by atoms with Crippen LogP contribution in [-0.4, -0.2) is 20.2 Å². The first-order chi connectivity index (χ1) is 9.88. The lowest BCUT2D eigenvalue weighted by Gasteiger charge is -2.06. The Labute approximate surface area is 121 Å². The number of hydrogen-bond donors (Lipinski definition) is 0. The van der Waals surface area contributed by atoms with Gasteiger partial charge in [-0.25, -0.2) is 4.68 Å². The van der Waals surface area contributed by atoms with E-state index in [2.05, 4.69) is 64.6 Å². The van der Waals surface area contributed by atoms with Crippen LogP contribution in [0, 0.1) is 0 Å². The predicted molar refractivity (Wildman–Crippen MR) is 81.5 cm³/mol. The molecule has 0 radical (unpaired) electrons. The summed E-state index contributed by atoms with van der Waals surface area (Å²) in [5, 5.41) is 15.1. The standard InChI is InChI=1S/C15H14N4S/c1-2-10-19-15(16-17-18-19)20-11-13-8-5-7-12-6-3-4-9-14(12)13/h2-9H,1,10-11H2. The van der Waals surface area contributed by atoms with Crippen molar-refractivity contribution >= 4 is 22.5 Å². The van der Waals surface area contributed by atoms with Crippen LogP contribution in [0.5, 0.6) is 0 Å². The van der Waals surface area contributed by atoms with E-state index in [9.17, 15) is 0 Å². The summed E-state index contributed by atoms with van der Waals surface area (Å²) < 4.78 is 1.75. The number of rotatable bonds is 5. The van der Waals surface area contributed by atoms with Gasteiger partial charge in [0.1, 0.15) is 0 Å². The molecule has 0 amide bonds. The fourth-order valence-electron chi connectivity index (χ4n) is 2.10. The molecule has 0 aliphatic heterocycles. The van der Waals surface area contributed by atoms with Gasteiger partial charge in [-0.3, -0.25) is 0 Å². The van der Waals surface area contributed by atoms with Crippen molar-refractivity contribution in [1.82, 2.24) is 20.2 Å². The van der Waals surface area contributed by atoms with Gasteiger partial charge >= 0.3 is 0 Å². The first kappa shape index (κ1) is 12.9. The van der Waals surface area contributed by atoms with E-state index in [1.54, 1.807) is 22.5 Å². The maximum Gasteiger partial charge on any atom is 0.209 e. The average molecular weight is 282 g/mol. The Bertz CT molecular complexity index is 730. The zero-order chi connectivity index (χ0) is 13.8. The lowest BCUT2D eigenvalue weighted by atomic mass is 10.1. The molecule has 3 rings (SSSR count). The van der Waals surface area contributed by atoms with Crippen LogP contribution in [0.15, 0.2) is 60.3 Å². The SMILES string of the molecule is C=CCn1nnnc1SCc1cccc2ccccc12. The number of fused-ring (bicyclic) bond motifs is 1. The molecule has 20 heavy (non-hydrogen) atoms. The molecule has 5 heteroatoms. The summed E-state index contributed by atoms with van der Waals surface area (Å²) in [6, 6.07) is 14.8. The van der Waals surface area contributed by atoms with Crippen LogP contribution < -0.4 is 0 Å². The normalized spacial score (nSPS) is 10.8. The molecule has 0 unspecified atom stereocenters. The molecule has 0 saturated carbocycles. The summed E-state index contributed by atoms with van der Waals surface area (Å²) in [5.74, 6) is 0.846. The van der Waals surface area contributed by atoms with Gasteiger partial charge in [-0.05, 0) is 26.8 Å². The smallest absolute Gasteiger partial charge is 0.209 e. The summed E-state index contributed by atoms with van der Waals surface area (Å²) in [6.45, 7) is 4.34. The van der Waals surface area contributed by atoms with E-state index in [4.69, 9.17) is 0 Å². The van der Waals surface area contributed by atoms with Gasteiger partial charge in [-0.2, -0.15) is 0 Å². The summed E-state index contributed by atoms with van der Waals surface area (Å²) >= 11 is 1.64. The molecular weight excluding hydrogens is 268 g/mol. The quantitative estimate of drug-likeness (QED) is 0.532. The summed E-state index contributed by atoms with van der Waals surface area (Å²) in [5.41, 5.74) is 1.29. The van der Waals surface area contributed by atoms with Gasteiger partial charge in [0.2, 0.25) is 5.16 Å². The first-order valence-corrected chi connectivity index (χ1v) is 7.33. The maximum atomic E-state index is 4.05. The van der Waals surface area contributed by atoms with Crippen molar-refractivity contribution in [3.63, 3.8) is 0 Å². The Morgan fingerprint density at radius 3 is 2.90 bits per heavy atom. The number of allylic oxidation sites excluding steroid dienone is 1. The third kappa shape index (κ3) is 2.58. The molecule has 3 aromatic rings. The molecule has 1 aromatic heterocycles. The van der Waals surface area contributed by atoms with Crippen LogP contribution >= 0.6 is 11.8 Å². The van der Waals surface area contributed by atoms with Crippen LogP contribution in [-0.2, 0) is 12.3 Å². The van der Waals surface area contributed by atoms with Crippen molar-refractivity contribution in [3.8, 4) is 0 Å². The van der Waals surface area contributed by atoms with Crippen LogP contribution in [0.1, 0.15) is 5.56 Å². The zero-order valence-electron chi connectivity index (χ0n) is 10.9. The Balaban J connectivity index is 1.83. The second-order valence-corrected chi connectivity index (χ2v) is 5.30. The van der Waals surface area contributed by atoms with E-state index < -0.39 is 0 Å². The summed E-state index contributed by atoms with van der Waals surface area (Å²) in [6.07, 6.45) is 1.79. The molecule has 0 spiro atoms. The van der Waals surface area contributed by atoms with Crippen LogP contribution in [0.25, 0.3) is 10.8 Å². The second kappa shape index (κ2) is 5.88. The molecule has 100 valence electrons. The minimum atomic E-state index is 0.630. The van der Waals surface area contributed by atoms with E-state index in [0.717, 1.165) is 10.9 Å². The highest BCUT2D eigenvalue weighted by Crippen LogP contribution is 2.25. The topological polar surface area (TPSA) is 43.6 Å². The Kier molecular flexibility index (Phi) is 3.78. The molecule has 0 atom stereocenters. The van der Waals surface area contributed by atoms with Gasteiger partial charge < -0.3 is 0 Å². The number of benzene rings is 2. The van der Waals surface area contributed by atoms with Crippen molar-refractivity contribution in [2.75, 3.05) is 0 Å². The van der Waals surface area contributed by atoms with Crippen molar-refractivity contribution < 1.29 is 0 Å². The summed E-state index contributed by atoms with van der Waals surface area (Å²) in [4.78, 5) is 0. The van der Waals surface area contributed by atoms with Crippen LogP contribution in [0.4, 0.5) is 0 Å². The van der Waals surface area contributed by atoms with Gasteiger partial charge in [0.25, 0.3) is 0 Å². The third-order valence-corrected chi connectivity index (χ3v) is 4.04. The van der Waals surface area contributed by atoms with E-state index in [0.29, 0.717) is 6.54 Å². The highest BCUT2D eigenvalue weighted by molar-refractivity contribution is 7.98. The van der Waals surface area contributed by atoms with E-state index in [1.165, 1.54) is 16.3 Å². The van der Waals surface area contributed by atoms with Gasteiger partial charge in [-0.1, -0.05) is 60.3 Å². The molecule has 0 saturated heterocycles. The Morgan fingerprint density at radius 1 is 1.15 bits per heavy atom. The molecule has 2 aromatic carbocycles. The van der Waals surface area contributed by atoms with Crippen molar-refractivity contribution in [3.05, 3.63) is 60.7 Å². The van der Waals surface area contributed by atoms with Crippen molar-refractivity contribution in [2.45, 2.75) is 17.5 Å². The second-order valence-electron chi connectivity index (χ2n) is 4.36. The fourth-order valence-corrected chi connectivity index (χ4v) is 2.99. The molecule has 0 aliphatic rings. The Morgan fingerprint density at radius 2 is 2.00 bits per heavy atom. The largest absolute Gasteiger partial charge is 0.217 e. The Hall–Kier alpha value is -2.14. The first-order valence-electron chi connectivity index (χ1n) is 6.35. The molecule has 0 fully saturated rings. The number of hydrogen-bond acceptors (Lipinski definition) is 4. The molecule has 1 heterocycles. The highest BCUT2D eigenvalue weighted by atomic mass is 32.2. The van der Waals surface area contributed by atoms with Gasteiger partial charge in [0.15, 0.2) is 0 Å². The number of aromatic nitrogens is 4. The molecule has 0 aliphatic carbocycles. The molecule has 0 N–H and O–H groups in total. The molecular formula is C15H14N4S. The van der Waals surface area contributed by atoms with Crippen molar-refractivity contribution in [1.29, 1.82) is 0 Å². The lowest BCUT2D eigenvalue weighted by Crippen LogP contribution is -1.99. The lowest BCUT2D eigenvalue weighted by molar-refractivity contribution is 0.614. The van der Waals surface area contributed by atoms with Gasteiger partial charge in [-0.15, -0.1) is 11.7 Å². The summed E-state index contributed by atoms with van der Waals surface area (Å²) in [7, 11) is 0. The van der Waals surface area contributed by atoms with E-state index >= 15 is 0 Å². The fraction of sp³-hybridized carbons (Fsp3) is 0.133. The zero-order valence-corrected chi connectivity index (χ0v) is 11.8. The van der Waals surface area contributed by atoms with E-state index in [-0.39, 0.29) is 0 Å². The van der Waals surface area contributed by atoms with E-state index in [1.807, 2.05) is 0 Å². The molecule has 0 bridgehead atoms. The predicted octanol–water partition coefficient (Wildman–Crippen LogP) is 3.30. The number of tetrazole rings is 1. The number of thioether (sulfide) groups is 1. The highest BCUT2D eigenvalue weighted by Gasteiger charge is 2.07. The molecule has 4 nitrogen and oxygen atoms in total. The third-order valence-electron chi connectivity index (χ3n) is 3.04. The minimum Gasteiger partial charge on any atom is -0.217 e. The number of nitrogens with zero attached hydrogens (tertiary/aromatic N) is 4. The van der Waals surface area contributed by atoms with Gasteiger partial charge in [0.05, 0.1) is 6.54 Å². The minimum absolute atomic E-state index is 0.630. The van der Waals surface area contributed by atoms with Crippen molar-refractivity contribution in [2.24, 2.45) is 0 Å². The monoisotopic (exact) mass is 282 g/mol. The maximum absolute atomic E-state index is 4.05.